The monoisotopic (exact) mass is 470 g/mol. The maximum Gasteiger partial charge on any atom is 0.313 e. The average molecular weight is 471 g/mol. The third-order valence-electron chi connectivity index (χ3n) is 5.15. The molecule has 2 fully saturated rings. The fourth-order valence-electron chi connectivity index (χ4n) is 3.59. The maximum absolute atomic E-state index is 13.0. The number of β-lactam (4-membered cyclic amide) rings is 1. The summed E-state index contributed by atoms with van der Waals surface area (Å²) >= 11 is 7.13. The highest BCUT2D eigenvalue weighted by atomic mass is 32.2. The lowest BCUT2D eigenvalue weighted by atomic mass is 9.83. The Morgan fingerprint density at radius 3 is 2.67 bits per heavy atom. The second-order valence-corrected chi connectivity index (χ2v) is 9.97. The summed E-state index contributed by atoms with van der Waals surface area (Å²) in [5.41, 5.74) is -1.33. The fraction of sp³-hybridized carbons (Fsp3) is 0.562. The van der Waals surface area contributed by atoms with Crippen molar-refractivity contribution in [1.82, 2.24) is 25.2 Å². The van der Waals surface area contributed by atoms with Crippen molar-refractivity contribution in [2.75, 3.05) is 17.2 Å². The quantitative estimate of drug-likeness (QED) is 0.478. The molecular formula is C16H18N6O5S3. The highest BCUT2D eigenvalue weighted by Crippen LogP contribution is 2.51. The summed E-state index contributed by atoms with van der Waals surface area (Å²) in [6.45, 7) is 4.64. The second kappa shape index (κ2) is 7.50. The normalized spacial score (nSPS) is 26.7. The van der Waals surface area contributed by atoms with E-state index in [1.165, 1.54) is 39.8 Å². The summed E-state index contributed by atoms with van der Waals surface area (Å²) in [4.78, 5) is 44.2. The van der Waals surface area contributed by atoms with Crippen molar-refractivity contribution in [2.45, 2.75) is 37.4 Å². The van der Waals surface area contributed by atoms with Crippen LogP contribution in [0.5, 0.6) is 0 Å². The van der Waals surface area contributed by atoms with Crippen LogP contribution >= 0.6 is 35.7 Å². The number of nitrogens with zero attached hydrogens (tertiary/aromatic N) is 6. The Hall–Kier alpha value is -2.19. The smallest absolute Gasteiger partial charge is 0.313 e. The predicted octanol–water partition coefficient (Wildman–Crippen LogP) is 0.917. The number of fused-ring (bicyclic) bond motifs is 1. The van der Waals surface area contributed by atoms with Crippen LogP contribution in [0, 0.1) is 19.3 Å². The molecule has 3 unspecified atom stereocenters. The predicted molar refractivity (Wildman–Crippen MR) is 110 cm³/mol. The Bertz CT molecular complexity index is 1030. The summed E-state index contributed by atoms with van der Waals surface area (Å²) in [7, 11) is 0. The van der Waals surface area contributed by atoms with E-state index in [2.05, 4.69) is 33.0 Å². The highest BCUT2D eigenvalue weighted by Gasteiger charge is 2.62. The number of carboxylic acids is 1. The summed E-state index contributed by atoms with van der Waals surface area (Å²) < 4.78 is 4.95. The number of hydrogen-bond acceptors (Lipinski definition) is 11. The highest BCUT2D eigenvalue weighted by molar-refractivity contribution is 8.00. The van der Waals surface area contributed by atoms with E-state index in [1.54, 1.807) is 13.8 Å². The zero-order valence-corrected chi connectivity index (χ0v) is 18.7. The first-order valence-corrected chi connectivity index (χ1v) is 11.3. The van der Waals surface area contributed by atoms with Gasteiger partial charge in [-0.1, -0.05) is 0 Å². The van der Waals surface area contributed by atoms with Gasteiger partial charge in [0, 0.05) is 26.1 Å². The van der Waals surface area contributed by atoms with E-state index in [9.17, 15) is 19.5 Å². The Kier molecular flexibility index (Phi) is 5.26. The molecule has 4 rings (SSSR count). The SMILES string of the molecule is CC(=O)N(c1noc(C)n1)C1C(=O)N2CC(C(=O)O)(C(S)c3nnc(C)s3)CS[C@H]12. The van der Waals surface area contributed by atoms with E-state index in [0.29, 0.717) is 10.0 Å². The molecule has 2 amide bonds. The van der Waals surface area contributed by atoms with Crippen LogP contribution in [0.4, 0.5) is 5.95 Å². The molecule has 14 heteroatoms. The van der Waals surface area contributed by atoms with Crippen molar-refractivity contribution in [3.05, 3.63) is 15.9 Å². The molecule has 0 aromatic carbocycles. The lowest BCUT2D eigenvalue weighted by Gasteiger charge is -2.56. The molecule has 0 spiro atoms. The molecule has 2 aromatic heterocycles. The van der Waals surface area contributed by atoms with Gasteiger partial charge in [-0.05, 0) is 12.1 Å². The molecular weight excluding hydrogens is 452 g/mol. The lowest BCUT2D eigenvalue weighted by Crippen LogP contribution is -2.74. The van der Waals surface area contributed by atoms with E-state index >= 15 is 0 Å². The Morgan fingerprint density at radius 2 is 2.13 bits per heavy atom. The van der Waals surface area contributed by atoms with Gasteiger partial charge in [-0.2, -0.15) is 17.6 Å². The zero-order chi connectivity index (χ0) is 21.8. The van der Waals surface area contributed by atoms with Crippen LogP contribution in [0.1, 0.15) is 28.1 Å². The molecule has 0 aliphatic carbocycles. The molecule has 30 heavy (non-hydrogen) atoms. The number of carbonyl (C=O) groups excluding carboxylic acids is 2. The molecule has 1 N–H and O–H groups in total. The first kappa shape index (κ1) is 21.1. The van der Waals surface area contributed by atoms with Gasteiger partial charge < -0.3 is 14.5 Å². The minimum absolute atomic E-state index is 0.0186. The number of thiol groups is 1. The van der Waals surface area contributed by atoms with Gasteiger partial charge in [0.15, 0.2) is 0 Å². The Morgan fingerprint density at radius 1 is 1.40 bits per heavy atom. The maximum atomic E-state index is 13.0. The third kappa shape index (κ3) is 3.17. The van der Waals surface area contributed by atoms with E-state index in [-0.39, 0.29) is 30.0 Å². The number of rotatable bonds is 5. The number of amides is 2. The van der Waals surface area contributed by atoms with Gasteiger partial charge in [-0.25, -0.2) is 0 Å². The van der Waals surface area contributed by atoms with E-state index in [0.717, 1.165) is 0 Å². The number of carbonyl (C=O) groups is 3. The number of aliphatic carboxylic acids is 1. The molecule has 0 saturated carbocycles. The fourth-order valence-corrected chi connectivity index (χ4v) is 6.64. The van der Waals surface area contributed by atoms with Gasteiger partial charge in [-0.15, -0.1) is 33.3 Å². The van der Waals surface area contributed by atoms with Crippen LogP contribution in [0.2, 0.25) is 0 Å². The van der Waals surface area contributed by atoms with Crippen LogP contribution < -0.4 is 4.90 Å². The molecule has 0 bridgehead atoms. The number of aromatic nitrogens is 4. The van der Waals surface area contributed by atoms with Crippen LogP contribution in [0.3, 0.4) is 0 Å². The van der Waals surface area contributed by atoms with Gasteiger partial charge in [0.05, 0.1) is 5.25 Å². The summed E-state index contributed by atoms with van der Waals surface area (Å²) in [5, 5.41) is 21.9. The zero-order valence-electron chi connectivity index (χ0n) is 16.2. The Balaban J connectivity index is 1.60. The van der Waals surface area contributed by atoms with Crippen LogP contribution in [-0.4, -0.2) is 71.8 Å². The lowest BCUT2D eigenvalue weighted by molar-refractivity contribution is -0.157. The van der Waals surface area contributed by atoms with Gasteiger partial charge in [0.25, 0.3) is 5.95 Å². The molecule has 2 aromatic rings. The van der Waals surface area contributed by atoms with E-state index < -0.39 is 34.0 Å². The summed E-state index contributed by atoms with van der Waals surface area (Å²) in [6, 6.07) is -0.821. The molecule has 2 aliphatic heterocycles. The van der Waals surface area contributed by atoms with Crippen molar-refractivity contribution in [1.29, 1.82) is 0 Å². The van der Waals surface area contributed by atoms with Crippen molar-refractivity contribution in [2.24, 2.45) is 5.41 Å². The summed E-state index contributed by atoms with van der Waals surface area (Å²) in [6.07, 6.45) is 0. The van der Waals surface area contributed by atoms with E-state index in [4.69, 9.17) is 4.52 Å². The van der Waals surface area contributed by atoms with Crippen LogP contribution in [-0.2, 0) is 14.4 Å². The Labute approximate surface area is 184 Å². The minimum Gasteiger partial charge on any atom is -0.481 e. The van der Waals surface area contributed by atoms with Gasteiger partial charge >= 0.3 is 5.97 Å². The molecule has 11 nitrogen and oxygen atoms in total. The van der Waals surface area contributed by atoms with E-state index in [1.807, 2.05) is 0 Å². The van der Waals surface area contributed by atoms with Crippen LogP contribution in [0.15, 0.2) is 4.52 Å². The van der Waals surface area contributed by atoms with Crippen molar-refractivity contribution >= 4 is 59.5 Å². The topological polar surface area (TPSA) is 143 Å². The van der Waals surface area contributed by atoms with Gasteiger partial charge in [0.2, 0.25) is 17.7 Å². The number of aryl methyl sites for hydroxylation is 2. The average Bonchev–Trinajstić information content (AvgIpc) is 3.32. The number of carboxylic acid groups (broad SMARTS) is 1. The minimum atomic E-state index is -1.33. The first-order valence-electron chi connectivity index (χ1n) is 8.89. The van der Waals surface area contributed by atoms with Gasteiger partial charge in [-0.3, -0.25) is 19.3 Å². The van der Waals surface area contributed by atoms with Crippen molar-refractivity contribution in [3.63, 3.8) is 0 Å². The third-order valence-corrected chi connectivity index (χ3v) is 8.50. The molecule has 2 saturated heterocycles. The largest absolute Gasteiger partial charge is 0.481 e. The molecule has 4 atom stereocenters. The first-order chi connectivity index (χ1) is 14.2. The molecule has 0 radical (unpaired) electrons. The number of anilines is 1. The van der Waals surface area contributed by atoms with Crippen LogP contribution in [0.25, 0.3) is 0 Å². The van der Waals surface area contributed by atoms with Crippen molar-refractivity contribution in [3.8, 4) is 0 Å². The van der Waals surface area contributed by atoms with Gasteiger partial charge in [0.1, 0.15) is 26.8 Å². The second-order valence-electron chi connectivity index (χ2n) is 7.14. The standard InChI is InChI=1S/C16H18N6O5S3/c1-6-17-15(20-27-6)22(8(3)23)9-12(24)21-4-16(14(25)26,5-29-13(9)21)10(28)11-19-18-7(2)30-11/h9-10,13,28H,4-5H2,1-3H3,(H,25,26)/t9?,10?,13-,16?/m1/s1. The number of hydrogen-bond donors (Lipinski definition) is 2. The summed E-state index contributed by atoms with van der Waals surface area (Å²) in [5.74, 6) is -1.35. The molecule has 2 aliphatic rings. The number of thioether (sulfide) groups is 1. The molecule has 160 valence electrons. The molecule has 4 heterocycles. The van der Waals surface area contributed by atoms with Crippen molar-refractivity contribution < 1.29 is 24.0 Å².